The Morgan fingerprint density at radius 3 is 2.62 bits per heavy atom. The summed E-state index contributed by atoms with van der Waals surface area (Å²) >= 11 is 0. The first-order chi connectivity index (χ1) is 6.05. The topological polar surface area (TPSA) is 66.4 Å². The second-order valence-electron chi connectivity index (χ2n) is 3.56. The van der Waals surface area contributed by atoms with Crippen molar-refractivity contribution in [1.82, 2.24) is 5.32 Å². The summed E-state index contributed by atoms with van der Waals surface area (Å²) in [5.74, 6) is -0.00529. The summed E-state index contributed by atoms with van der Waals surface area (Å²) in [6.45, 7) is 2.86. The number of unbranched alkanes of at least 4 members (excludes halogenated alkanes) is 1. The van der Waals surface area contributed by atoms with Crippen LogP contribution in [0.25, 0.3) is 0 Å². The standard InChI is InChI=1S/C8H17NO3S/c1-2-3-4-9-7-5-13(11,12)6-8(7)10/h7-10H,2-6H2,1H3/t7-,8+/m1/s1. The van der Waals surface area contributed by atoms with Crippen molar-refractivity contribution in [2.24, 2.45) is 0 Å². The summed E-state index contributed by atoms with van der Waals surface area (Å²) < 4.78 is 22.2. The Hall–Kier alpha value is -0.130. The molecule has 0 radical (unpaired) electrons. The number of nitrogens with one attached hydrogen (secondary N) is 1. The zero-order chi connectivity index (χ0) is 9.90. The highest BCUT2D eigenvalue weighted by molar-refractivity contribution is 7.91. The summed E-state index contributed by atoms with van der Waals surface area (Å²) in [4.78, 5) is 0. The lowest BCUT2D eigenvalue weighted by atomic mass is 10.2. The van der Waals surface area contributed by atoms with Crippen molar-refractivity contribution in [3.05, 3.63) is 0 Å². The lowest BCUT2D eigenvalue weighted by Crippen LogP contribution is -2.39. The maximum Gasteiger partial charge on any atom is 0.154 e. The Balaban J connectivity index is 2.36. The van der Waals surface area contributed by atoms with Crippen molar-refractivity contribution in [3.63, 3.8) is 0 Å². The van der Waals surface area contributed by atoms with E-state index in [0.29, 0.717) is 0 Å². The third kappa shape index (κ3) is 3.25. The van der Waals surface area contributed by atoms with Gasteiger partial charge in [-0.1, -0.05) is 13.3 Å². The highest BCUT2D eigenvalue weighted by Gasteiger charge is 2.35. The Kier molecular flexibility index (Phi) is 3.70. The van der Waals surface area contributed by atoms with Gasteiger partial charge in [0.15, 0.2) is 9.84 Å². The Morgan fingerprint density at radius 1 is 1.46 bits per heavy atom. The van der Waals surface area contributed by atoms with Gasteiger partial charge >= 0.3 is 0 Å². The molecule has 0 aromatic carbocycles. The molecule has 4 nitrogen and oxygen atoms in total. The maximum absolute atomic E-state index is 11.1. The van der Waals surface area contributed by atoms with Crippen LogP contribution in [0.5, 0.6) is 0 Å². The molecule has 0 unspecified atom stereocenters. The lowest BCUT2D eigenvalue weighted by molar-refractivity contribution is 0.166. The number of aliphatic hydroxyl groups excluding tert-OH is 1. The average Bonchev–Trinajstić information content (AvgIpc) is 2.25. The predicted molar refractivity (Wildman–Crippen MR) is 51.4 cm³/mol. The van der Waals surface area contributed by atoms with Gasteiger partial charge in [0, 0.05) is 6.04 Å². The molecule has 0 spiro atoms. The normalized spacial score (nSPS) is 32.2. The molecular formula is C8H17NO3S. The van der Waals surface area contributed by atoms with Crippen LogP contribution in [0.2, 0.25) is 0 Å². The lowest BCUT2D eigenvalue weighted by Gasteiger charge is -2.13. The second kappa shape index (κ2) is 4.39. The largest absolute Gasteiger partial charge is 0.390 e. The molecule has 2 N–H and O–H groups in total. The molecule has 1 heterocycles. The summed E-state index contributed by atoms with van der Waals surface area (Å²) in [5.41, 5.74) is 0. The van der Waals surface area contributed by atoms with E-state index in [2.05, 4.69) is 12.2 Å². The van der Waals surface area contributed by atoms with Crippen molar-refractivity contribution in [1.29, 1.82) is 0 Å². The van der Waals surface area contributed by atoms with Gasteiger partial charge in [0.2, 0.25) is 0 Å². The van der Waals surface area contributed by atoms with Gasteiger partial charge in [0.25, 0.3) is 0 Å². The summed E-state index contributed by atoms with van der Waals surface area (Å²) in [5, 5.41) is 12.4. The molecule has 2 atom stereocenters. The zero-order valence-corrected chi connectivity index (χ0v) is 8.68. The molecule has 1 aliphatic rings. The van der Waals surface area contributed by atoms with Gasteiger partial charge in [-0.15, -0.1) is 0 Å². The minimum atomic E-state index is -2.99. The fraction of sp³-hybridized carbons (Fsp3) is 1.00. The molecule has 13 heavy (non-hydrogen) atoms. The predicted octanol–water partition coefficient (Wildman–Crippen LogP) is -0.466. The summed E-state index contributed by atoms with van der Waals surface area (Å²) in [7, 11) is -2.99. The molecule has 1 rings (SSSR count). The quantitative estimate of drug-likeness (QED) is 0.612. The van der Waals surface area contributed by atoms with Crippen molar-refractivity contribution >= 4 is 9.84 Å². The highest BCUT2D eigenvalue weighted by atomic mass is 32.2. The van der Waals surface area contributed by atoms with Crippen molar-refractivity contribution < 1.29 is 13.5 Å². The molecule has 0 saturated carbocycles. The third-order valence-corrected chi connectivity index (χ3v) is 3.98. The van der Waals surface area contributed by atoms with Crippen LogP contribution in [0.4, 0.5) is 0 Å². The summed E-state index contributed by atoms with van der Waals surface area (Å²) in [6, 6.07) is -0.253. The molecule has 1 aliphatic heterocycles. The average molecular weight is 207 g/mol. The SMILES string of the molecule is CCCCN[C@@H]1CS(=O)(=O)C[C@@H]1O. The van der Waals surface area contributed by atoms with E-state index in [0.717, 1.165) is 19.4 Å². The van der Waals surface area contributed by atoms with Crippen molar-refractivity contribution in [3.8, 4) is 0 Å². The van der Waals surface area contributed by atoms with Gasteiger partial charge in [-0.05, 0) is 13.0 Å². The molecule has 0 aliphatic carbocycles. The maximum atomic E-state index is 11.1. The van der Waals surface area contributed by atoms with Crippen molar-refractivity contribution in [2.75, 3.05) is 18.1 Å². The van der Waals surface area contributed by atoms with E-state index >= 15 is 0 Å². The molecule has 0 aromatic heterocycles. The van der Waals surface area contributed by atoms with Crippen molar-refractivity contribution in [2.45, 2.75) is 31.9 Å². The molecule has 1 saturated heterocycles. The van der Waals surface area contributed by atoms with E-state index in [1.807, 2.05) is 0 Å². The number of sulfone groups is 1. The van der Waals surface area contributed by atoms with Gasteiger partial charge < -0.3 is 10.4 Å². The molecule has 0 bridgehead atoms. The van der Waals surface area contributed by atoms with Crippen LogP contribution in [0.3, 0.4) is 0 Å². The molecule has 5 heteroatoms. The minimum Gasteiger partial charge on any atom is -0.390 e. The van der Waals surface area contributed by atoms with Gasteiger partial charge in [-0.2, -0.15) is 0 Å². The van der Waals surface area contributed by atoms with E-state index in [-0.39, 0.29) is 17.5 Å². The third-order valence-electron chi connectivity index (χ3n) is 2.26. The number of rotatable bonds is 4. The monoisotopic (exact) mass is 207 g/mol. The van der Waals surface area contributed by atoms with Gasteiger partial charge in [-0.25, -0.2) is 8.42 Å². The van der Waals surface area contributed by atoms with Gasteiger partial charge in [0.1, 0.15) is 0 Å². The first-order valence-corrected chi connectivity index (χ1v) is 6.49. The minimum absolute atomic E-state index is 0.0812. The molecule has 1 fully saturated rings. The van der Waals surface area contributed by atoms with Gasteiger partial charge in [-0.3, -0.25) is 0 Å². The molecular weight excluding hydrogens is 190 g/mol. The zero-order valence-electron chi connectivity index (χ0n) is 7.86. The Labute approximate surface area is 79.3 Å². The van der Waals surface area contributed by atoms with E-state index in [9.17, 15) is 13.5 Å². The van der Waals surface area contributed by atoms with Gasteiger partial charge in [0.05, 0.1) is 17.6 Å². The number of aliphatic hydroxyl groups is 1. The van der Waals surface area contributed by atoms with E-state index in [4.69, 9.17) is 0 Å². The highest BCUT2D eigenvalue weighted by Crippen LogP contribution is 2.12. The fourth-order valence-corrected chi connectivity index (χ4v) is 3.26. The number of hydrogen-bond donors (Lipinski definition) is 2. The Morgan fingerprint density at radius 2 is 2.15 bits per heavy atom. The van der Waals surface area contributed by atoms with E-state index in [1.165, 1.54) is 0 Å². The van der Waals surface area contributed by atoms with E-state index < -0.39 is 15.9 Å². The van der Waals surface area contributed by atoms with Crippen LogP contribution in [-0.4, -0.2) is 43.7 Å². The molecule has 78 valence electrons. The van der Waals surface area contributed by atoms with Crippen LogP contribution >= 0.6 is 0 Å². The molecule has 0 amide bonds. The summed E-state index contributed by atoms with van der Waals surface area (Å²) in [6.07, 6.45) is 1.37. The fourth-order valence-electron chi connectivity index (χ4n) is 1.49. The van der Waals surface area contributed by atoms with Crippen LogP contribution in [0.1, 0.15) is 19.8 Å². The van der Waals surface area contributed by atoms with Crippen LogP contribution in [0, 0.1) is 0 Å². The first kappa shape index (κ1) is 10.9. The van der Waals surface area contributed by atoms with Crippen LogP contribution in [-0.2, 0) is 9.84 Å². The number of hydrogen-bond acceptors (Lipinski definition) is 4. The van der Waals surface area contributed by atoms with Crippen LogP contribution in [0.15, 0.2) is 0 Å². The first-order valence-electron chi connectivity index (χ1n) is 4.67. The second-order valence-corrected chi connectivity index (χ2v) is 5.71. The smallest absolute Gasteiger partial charge is 0.154 e. The van der Waals surface area contributed by atoms with E-state index in [1.54, 1.807) is 0 Å². The Bertz CT molecular complexity index is 250. The van der Waals surface area contributed by atoms with Crippen LogP contribution < -0.4 is 5.32 Å². The molecule has 0 aromatic rings.